The predicted octanol–water partition coefficient (Wildman–Crippen LogP) is 0.658. The van der Waals surface area contributed by atoms with Crippen molar-refractivity contribution >= 4 is 0 Å². The summed E-state index contributed by atoms with van der Waals surface area (Å²) >= 11 is 0. The maximum atomic E-state index is 4.11. The summed E-state index contributed by atoms with van der Waals surface area (Å²) in [5.74, 6) is 2.47. The third kappa shape index (κ3) is 1.64. The number of aromatic nitrogens is 3. The maximum absolute atomic E-state index is 4.11. The molecule has 1 aromatic heterocycles. The highest BCUT2D eigenvalue weighted by atomic mass is 15.3. The molecule has 0 unspecified atom stereocenters. The van der Waals surface area contributed by atoms with E-state index < -0.39 is 0 Å². The molecule has 0 bridgehead atoms. The molecule has 0 aliphatic rings. The van der Waals surface area contributed by atoms with Crippen molar-refractivity contribution in [2.24, 2.45) is 7.05 Å². The van der Waals surface area contributed by atoms with Crippen LogP contribution in [0.4, 0.5) is 0 Å². The minimum Gasteiger partial charge on any atom is -0.317 e. The molecular formula is C8H16N4. The molecule has 1 aromatic rings. The Kier molecular flexibility index (Phi) is 2.81. The normalized spacial score (nSPS) is 11.1. The number of nitrogens with zero attached hydrogens (tertiary/aromatic N) is 3. The van der Waals surface area contributed by atoms with Gasteiger partial charge in [-0.1, -0.05) is 13.8 Å². The summed E-state index contributed by atoms with van der Waals surface area (Å²) in [6.45, 7) is 5.01. The summed E-state index contributed by atoms with van der Waals surface area (Å²) in [6.07, 6.45) is 0. The first-order valence-electron chi connectivity index (χ1n) is 4.19. The van der Waals surface area contributed by atoms with Gasteiger partial charge in [0, 0.05) is 13.0 Å². The highest BCUT2D eigenvalue weighted by Crippen LogP contribution is 2.10. The largest absolute Gasteiger partial charge is 0.317 e. The van der Waals surface area contributed by atoms with Crippen molar-refractivity contribution < 1.29 is 0 Å². The van der Waals surface area contributed by atoms with E-state index in [1.54, 1.807) is 0 Å². The summed E-state index contributed by atoms with van der Waals surface area (Å²) < 4.78 is 2.04. The minimum absolute atomic E-state index is 0.438. The van der Waals surface area contributed by atoms with E-state index in [0.717, 1.165) is 18.2 Å². The summed E-state index contributed by atoms with van der Waals surface area (Å²) in [6, 6.07) is 0. The van der Waals surface area contributed by atoms with E-state index >= 15 is 0 Å². The van der Waals surface area contributed by atoms with Crippen LogP contribution in [-0.4, -0.2) is 21.8 Å². The molecule has 0 radical (unpaired) electrons. The number of hydrogen-bond acceptors (Lipinski definition) is 3. The first-order valence-corrected chi connectivity index (χ1v) is 4.19. The molecule has 0 aliphatic heterocycles. The van der Waals surface area contributed by atoms with Gasteiger partial charge in [0.2, 0.25) is 0 Å². The highest BCUT2D eigenvalue weighted by Gasteiger charge is 2.09. The lowest BCUT2D eigenvalue weighted by Gasteiger charge is -2.05. The maximum Gasteiger partial charge on any atom is 0.146 e. The molecule has 68 valence electrons. The quantitative estimate of drug-likeness (QED) is 0.721. The molecule has 4 nitrogen and oxygen atoms in total. The van der Waals surface area contributed by atoms with Crippen molar-refractivity contribution in [1.29, 1.82) is 0 Å². The van der Waals surface area contributed by atoms with Gasteiger partial charge in [-0.3, -0.25) is 0 Å². The molecule has 0 spiro atoms. The van der Waals surface area contributed by atoms with Gasteiger partial charge in [0.1, 0.15) is 11.6 Å². The van der Waals surface area contributed by atoms with Crippen molar-refractivity contribution in [1.82, 2.24) is 20.1 Å². The monoisotopic (exact) mass is 168 g/mol. The summed E-state index contributed by atoms with van der Waals surface area (Å²) in [4.78, 5) is 0. The molecule has 0 fully saturated rings. The fourth-order valence-corrected chi connectivity index (χ4v) is 1.19. The number of nitrogens with one attached hydrogen (secondary N) is 1. The van der Waals surface area contributed by atoms with Crippen LogP contribution in [0, 0.1) is 0 Å². The van der Waals surface area contributed by atoms with Gasteiger partial charge in [-0.2, -0.15) is 0 Å². The van der Waals surface area contributed by atoms with Gasteiger partial charge in [0.05, 0.1) is 6.54 Å². The smallest absolute Gasteiger partial charge is 0.146 e. The topological polar surface area (TPSA) is 42.7 Å². The van der Waals surface area contributed by atoms with Gasteiger partial charge in [0.25, 0.3) is 0 Å². The van der Waals surface area contributed by atoms with Gasteiger partial charge < -0.3 is 9.88 Å². The fourth-order valence-electron chi connectivity index (χ4n) is 1.19. The van der Waals surface area contributed by atoms with Crippen molar-refractivity contribution in [3.63, 3.8) is 0 Å². The molecule has 1 heterocycles. The Hall–Kier alpha value is -0.900. The predicted molar refractivity (Wildman–Crippen MR) is 47.9 cm³/mol. The average molecular weight is 168 g/mol. The molecule has 4 heteroatoms. The standard InChI is InChI=1S/C8H16N4/c1-6(2)8-11-10-7(5-9-3)12(8)4/h6,9H,5H2,1-4H3. The van der Waals surface area contributed by atoms with Gasteiger partial charge >= 0.3 is 0 Å². The van der Waals surface area contributed by atoms with Crippen LogP contribution in [0.1, 0.15) is 31.4 Å². The van der Waals surface area contributed by atoms with Crippen LogP contribution in [0.3, 0.4) is 0 Å². The molecule has 1 N–H and O–H groups in total. The summed E-state index contributed by atoms with van der Waals surface area (Å²) in [5.41, 5.74) is 0. The van der Waals surface area contributed by atoms with Gasteiger partial charge in [-0.25, -0.2) is 0 Å². The van der Waals surface area contributed by atoms with E-state index in [1.807, 2.05) is 18.7 Å². The van der Waals surface area contributed by atoms with Gasteiger partial charge in [0.15, 0.2) is 0 Å². The molecule has 0 saturated heterocycles. The zero-order valence-electron chi connectivity index (χ0n) is 8.13. The second-order valence-electron chi connectivity index (χ2n) is 3.22. The lowest BCUT2D eigenvalue weighted by Crippen LogP contribution is -2.11. The molecule has 0 aromatic carbocycles. The molecule has 0 amide bonds. The zero-order chi connectivity index (χ0) is 9.14. The van der Waals surface area contributed by atoms with Crippen LogP contribution in [0.5, 0.6) is 0 Å². The molecule has 0 aliphatic carbocycles. The fraction of sp³-hybridized carbons (Fsp3) is 0.750. The van der Waals surface area contributed by atoms with Crippen molar-refractivity contribution in [2.45, 2.75) is 26.3 Å². The molecule has 0 saturated carbocycles. The van der Waals surface area contributed by atoms with Crippen LogP contribution in [-0.2, 0) is 13.6 Å². The Morgan fingerprint density at radius 3 is 2.50 bits per heavy atom. The third-order valence-electron chi connectivity index (χ3n) is 1.85. The Morgan fingerprint density at radius 1 is 1.42 bits per heavy atom. The molecule has 1 rings (SSSR count). The Morgan fingerprint density at radius 2 is 2.08 bits per heavy atom. The van der Waals surface area contributed by atoms with E-state index in [9.17, 15) is 0 Å². The van der Waals surface area contributed by atoms with Crippen molar-refractivity contribution in [2.75, 3.05) is 7.05 Å². The van der Waals surface area contributed by atoms with E-state index in [-0.39, 0.29) is 0 Å². The second kappa shape index (κ2) is 3.67. The molecule has 0 atom stereocenters. The lowest BCUT2D eigenvalue weighted by molar-refractivity contribution is 0.664. The SMILES string of the molecule is CNCc1nnc(C(C)C)n1C. The van der Waals surface area contributed by atoms with E-state index in [2.05, 4.69) is 29.4 Å². The lowest BCUT2D eigenvalue weighted by atomic mass is 10.2. The van der Waals surface area contributed by atoms with Crippen LogP contribution in [0.25, 0.3) is 0 Å². The van der Waals surface area contributed by atoms with Crippen LogP contribution >= 0.6 is 0 Å². The van der Waals surface area contributed by atoms with Crippen molar-refractivity contribution in [3.8, 4) is 0 Å². The number of hydrogen-bond donors (Lipinski definition) is 1. The summed E-state index contributed by atoms with van der Waals surface area (Å²) in [7, 11) is 3.91. The van der Waals surface area contributed by atoms with Gasteiger partial charge in [-0.15, -0.1) is 10.2 Å². The van der Waals surface area contributed by atoms with Crippen LogP contribution in [0.15, 0.2) is 0 Å². The first-order chi connectivity index (χ1) is 5.66. The minimum atomic E-state index is 0.438. The zero-order valence-corrected chi connectivity index (χ0v) is 8.13. The van der Waals surface area contributed by atoms with Crippen LogP contribution < -0.4 is 5.32 Å². The Bertz CT molecular complexity index is 252. The molecular weight excluding hydrogens is 152 g/mol. The van der Waals surface area contributed by atoms with Gasteiger partial charge in [-0.05, 0) is 7.05 Å². The van der Waals surface area contributed by atoms with Crippen molar-refractivity contribution in [3.05, 3.63) is 11.6 Å². The van der Waals surface area contributed by atoms with E-state index in [1.165, 1.54) is 0 Å². The number of rotatable bonds is 3. The Labute approximate surface area is 73.0 Å². The van der Waals surface area contributed by atoms with E-state index in [0.29, 0.717) is 5.92 Å². The highest BCUT2D eigenvalue weighted by molar-refractivity contribution is 4.98. The summed E-state index contributed by atoms with van der Waals surface area (Å²) in [5, 5.41) is 11.2. The third-order valence-corrected chi connectivity index (χ3v) is 1.85. The average Bonchev–Trinajstić information content (AvgIpc) is 2.34. The molecule has 12 heavy (non-hydrogen) atoms. The first kappa shape index (κ1) is 9.19. The second-order valence-corrected chi connectivity index (χ2v) is 3.22. The van der Waals surface area contributed by atoms with E-state index in [4.69, 9.17) is 0 Å². The Balaban J connectivity index is 2.88. The van der Waals surface area contributed by atoms with Crippen LogP contribution in [0.2, 0.25) is 0 Å².